The molecule has 19 nitrogen and oxygen atoms in total. The largest absolute Gasteiger partial charge is 1.00 e. The first-order chi connectivity index (χ1) is 24.0. The third-order valence-corrected chi connectivity index (χ3v) is 8.17. The van der Waals surface area contributed by atoms with Gasteiger partial charge in [-0.15, -0.1) is 11.6 Å². The Kier molecular flexibility index (Phi) is 26.0. The molecule has 53 heavy (non-hydrogen) atoms. The van der Waals surface area contributed by atoms with Crippen molar-refractivity contribution in [1.82, 2.24) is 34.8 Å². The lowest BCUT2D eigenvalue weighted by atomic mass is 10.3. The van der Waals surface area contributed by atoms with Gasteiger partial charge in [-0.25, -0.2) is 27.6 Å². The highest BCUT2D eigenvalue weighted by molar-refractivity contribution is 6.17. The van der Waals surface area contributed by atoms with E-state index in [1.807, 2.05) is 29.5 Å². The number of azo groups is 2. The van der Waals surface area contributed by atoms with Crippen molar-refractivity contribution in [3.05, 3.63) is 37.2 Å². The lowest BCUT2D eigenvalue weighted by molar-refractivity contribution is -0.683. The minimum atomic E-state index is 0. The Morgan fingerprint density at radius 2 is 1.36 bits per heavy atom. The SMILES string of the molecule is N.NCCCn1cc[n+](CCCN)c1N=Nc1cnn2c1NCCC2.Nc1c(N=Nc2n(CCC[NH3+])cc[n+]2CCCCl)cnn1CCC[NH3+].[Br-].[Br-].[Cl-]. The Morgan fingerprint density at radius 1 is 0.792 bits per heavy atom. The highest BCUT2D eigenvalue weighted by Gasteiger charge is 2.20. The quantitative estimate of drug-likeness (QED) is 0.0271. The molecule has 4 aromatic rings. The van der Waals surface area contributed by atoms with E-state index in [1.165, 1.54) is 0 Å². The van der Waals surface area contributed by atoms with Gasteiger partial charge in [0.25, 0.3) is 0 Å². The van der Waals surface area contributed by atoms with Crippen LogP contribution in [0.5, 0.6) is 0 Å². The summed E-state index contributed by atoms with van der Waals surface area (Å²) in [5.41, 5.74) is 26.4. The monoisotopic (exact) mass is 912 g/mol. The van der Waals surface area contributed by atoms with Crippen molar-refractivity contribution in [1.29, 1.82) is 0 Å². The Morgan fingerprint density at radius 3 is 1.96 bits per heavy atom. The first-order valence-electron chi connectivity index (χ1n) is 17.2. The van der Waals surface area contributed by atoms with Crippen LogP contribution < -0.4 is 95.6 Å². The Bertz CT molecular complexity index is 1570. The molecule has 0 atom stereocenters. The molecule has 5 heterocycles. The summed E-state index contributed by atoms with van der Waals surface area (Å²) in [5, 5.41) is 29.7. The average Bonchev–Trinajstić information content (AvgIpc) is 3.91. The minimum absolute atomic E-state index is 0. The van der Waals surface area contributed by atoms with Gasteiger partial charge in [0.2, 0.25) is 0 Å². The number of nitrogens with one attached hydrogen (secondary N) is 1. The second-order valence-electron chi connectivity index (χ2n) is 11.6. The van der Waals surface area contributed by atoms with Crippen LogP contribution in [-0.4, -0.2) is 67.3 Å². The van der Waals surface area contributed by atoms with Gasteiger partial charge in [-0.3, -0.25) is 0 Å². The standard InChI is InChI=1S/C15H26ClN9.C15H25N9.2BrH.ClH.H3N/c16-4-1-7-23-10-11-24(8-2-5-17)15(23)22-21-13-12-20-25(14(13)19)9-3-6-18;16-4-1-7-22-10-11-23(8-2-5-17)15(22)21-20-13-12-19-24-9-3-6-18-14(13)24;;;;/h10-12,19H,1-9,17-18H2;10-12H,1-9,16-17H2;3*1H;1H3/p+1. The number of quaternary nitrogens is 2. The molecule has 1 aliphatic rings. The fraction of sp³-hybridized carbons (Fsp3) is 0.600. The maximum absolute atomic E-state index is 6.11. The van der Waals surface area contributed by atoms with E-state index in [0.717, 1.165) is 121 Å². The molecule has 0 amide bonds. The molecule has 0 saturated heterocycles. The molecule has 16 N–H and O–H groups in total. The highest BCUT2D eigenvalue weighted by Crippen LogP contribution is 2.28. The minimum Gasteiger partial charge on any atom is -1.00 e. The number of nitrogens with zero attached hydrogens (tertiary/aromatic N) is 12. The van der Waals surface area contributed by atoms with Crippen LogP contribution in [0, 0.1) is 0 Å². The summed E-state index contributed by atoms with van der Waals surface area (Å²) in [6, 6.07) is 0. The molecule has 0 aromatic carbocycles. The number of nitrogen functional groups attached to an aromatic ring is 1. The number of rotatable bonds is 19. The molecule has 5 rings (SSSR count). The zero-order valence-corrected chi connectivity index (χ0v) is 35.1. The van der Waals surface area contributed by atoms with Crippen LogP contribution in [0.15, 0.2) is 57.6 Å². The number of halogens is 4. The number of nitrogens with two attached hydrogens (primary N) is 3. The molecule has 23 heteroatoms. The Hall–Kier alpha value is -3.02. The molecule has 0 unspecified atom stereocenters. The van der Waals surface area contributed by atoms with Gasteiger partial charge in [0.1, 0.15) is 0 Å². The van der Waals surface area contributed by atoms with Gasteiger partial charge in [0.05, 0.1) is 76.4 Å². The van der Waals surface area contributed by atoms with E-state index in [1.54, 1.807) is 17.1 Å². The first kappa shape index (κ1) is 50.0. The summed E-state index contributed by atoms with van der Waals surface area (Å²) < 4.78 is 12.0. The van der Waals surface area contributed by atoms with E-state index < -0.39 is 0 Å². The van der Waals surface area contributed by atoms with Crippen LogP contribution in [0.2, 0.25) is 0 Å². The number of hydrogen-bond donors (Lipinski definition) is 7. The van der Waals surface area contributed by atoms with Gasteiger partial charge in [-0.2, -0.15) is 10.2 Å². The maximum Gasteiger partial charge on any atom is 0.421 e. The van der Waals surface area contributed by atoms with Crippen LogP contribution in [-0.2, 0) is 39.3 Å². The van der Waals surface area contributed by atoms with Crippen molar-refractivity contribution >= 4 is 46.5 Å². The number of aryl methyl sites for hydroxylation is 6. The number of aromatic nitrogens is 8. The third kappa shape index (κ3) is 14.6. The summed E-state index contributed by atoms with van der Waals surface area (Å²) in [5.74, 6) is 3.68. The van der Waals surface area contributed by atoms with Crippen molar-refractivity contribution in [3.8, 4) is 0 Å². The van der Waals surface area contributed by atoms with Gasteiger partial charge in [0, 0.05) is 48.6 Å². The van der Waals surface area contributed by atoms with Gasteiger partial charge in [-0.1, -0.05) is 10.2 Å². The van der Waals surface area contributed by atoms with E-state index >= 15 is 0 Å². The molecule has 0 bridgehead atoms. The maximum atomic E-state index is 6.11. The van der Waals surface area contributed by atoms with Gasteiger partial charge < -0.3 is 86.5 Å². The van der Waals surface area contributed by atoms with Crippen molar-refractivity contribution < 1.29 is 67.0 Å². The predicted octanol–water partition coefficient (Wildman–Crippen LogP) is -8.06. The zero-order chi connectivity index (χ0) is 34.8. The summed E-state index contributed by atoms with van der Waals surface area (Å²) in [4.78, 5) is 0. The smallest absolute Gasteiger partial charge is 0.421 e. The van der Waals surface area contributed by atoms with Gasteiger partial charge >= 0.3 is 11.9 Å². The van der Waals surface area contributed by atoms with Crippen LogP contribution in [0.4, 0.5) is 34.9 Å². The lowest BCUT2D eigenvalue weighted by Crippen LogP contribution is -3.00. The van der Waals surface area contributed by atoms with Crippen molar-refractivity contribution in [2.24, 2.45) is 31.9 Å². The highest BCUT2D eigenvalue weighted by atomic mass is 79.9. The van der Waals surface area contributed by atoms with Crippen LogP contribution in [0.3, 0.4) is 0 Å². The predicted molar refractivity (Wildman–Crippen MR) is 192 cm³/mol. The van der Waals surface area contributed by atoms with Gasteiger partial charge in [-0.05, 0) is 38.8 Å². The molecule has 4 aromatic heterocycles. The summed E-state index contributed by atoms with van der Waals surface area (Å²) in [6.45, 7) is 8.92. The molecular formula is C30H58Br2Cl2N19+. The Labute approximate surface area is 343 Å². The Balaban J connectivity index is 0.000000949. The first-order valence-corrected chi connectivity index (χ1v) is 17.7. The molecular weight excluding hydrogens is 857 g/mol. The zero-order valence-electron chi connectivity index (χ0n) is 30.4. The molecule has 0 saturated carbocycles. The molecule has 0 fully saturated rings. The second-order valence-corrected chi connectivity index (χ2v) is 12.0. The number of alkyl halides is 1. The van der Waals surface area contributed by atoms with E-state index in [-0.39, 0.29) is 52.5 Å². The normalized spacial score (nSPS) is 11.9. The summed E-state index contributed by atoms with van der Waals surface area (Å²) >= 11 is 5.82. The molecule has 300 valence electrons. The number of hydrogen-bond acceptors (Lipinski definition) is 11. The fourth-order valence-corrected chi connectivity index (χ4v) is 5.34. The fourth-order valence-electron chi connectivity index (χ4n) is 5.22. The number of imidazole rings is 2. The average molecular weight is 916 g/mol. The second kappa shape index (κ2) is 27.5. The summed E-state index contributed by atoms with van der Waals surface area (Å²) in [7, 11) is 0. The van der Waals surface area contributed by atoms with Gasteiger partial charge in [0.15, 0.2) is 23.0 Å². The molecule has 0 aliphatic carbocycles. The van der Waals surface area contributed by atoms with Crippen molar-refractivity contribution in [3.63, 3.8) is 0 Å². The lowest BCUT2D eigenvalue weighted by Gasteiger charge is -2.15. The van der Waals surface area contributed by atoms with Crippen molar-refractivity contribution in [2.75, 3.05) is 49.7 Å². The van der Waals surface area contributed by atoms with E-state index in [0.29, 0.717) is 30.5 Å². The van der Waals surface area contributed by atoms with E-state index in [2.05, 4.69) is 65.7 Å². The van der Waals surface area contributed by atoms with Crippen LogP contribution in [0.25, 0.3) is 0 Å². The van der Waals surface area contributed by atoms with E-state index in [4.69, 9.17) is 28.8 Å². The number of anilines is 2. The van der Waals surface area contributed by atoms with Crippen LogP contribution >= 0.6 is 11.6 Å². The molecule has 0 spiro atoms. The topological polar surface area (TPSA) is 283 Å². The number of fused-ring (bicyclic) bond motifs is 1. The van der Waals surface area contributed by atoms with Crippen LogP contribution in [0.1, 0.15) is 38.5 Å². The summed E-state index contributed by atoms with van der Waals surface area (Å²) in [6.07, 6.45) is 17.1. The molecule has 1 aliphatic heterocycles. The third-order valence-electron chi connectivity index (χ3n) is 7.90. The van der Waals surface area contributed by atoms with Crippen molar-refractivity contribution in [2.45, 2.75) is 77.8 Å². The molecule has 0 radical (unpaired) electrons. The van der Waals surface area contributed by atoms with E-state index in [9.17, 15) is 0 Å².